The summed E-state index contributed by atoms with van der Waals surface area (Å²) in [6, 6.07) is 11.0. The van der Waals surface area contributed by atoms with Crippen LogP contribution in [-0.2, 0) is 4.79 Å². The lowest BCUT2D eigenvalue weighted by Gasteiger charge is -2.16. The van der Waals surface area contributed by atoms with Gasteiger partial charge in [-0.25, -0.2) is 0 Å². The van der Waals surface area contributed by atoms with Crippen LogP contribution >= 0.6 is 11.8 Å². The van der Waals surface area contributed by atoms with Crippen LogP contribution in [0.2, 0.25) is 0 Å². The van der Waals surface area contributed by atoms with E-state index in [0.29, 0.717) is 28.8 Å². The lowest BCUT2D eigenvalue weighted by atomic mass is 10.1. The fourth-order valence-corrected chi connectivity index (χ4v) is 3.28. The zero-order chi connectivity index (χ0) is 19.8. The molecule has 1 atom stereocenters. The molecule has 0 radical (unpaired) electrons. The maximum atomic E-state index is 12.3. The largest absolute Gasteiger partial charge is 0.493 e. The van der Waals surface area contributed by atoms with Gasteiger partial charge in [0, 0.05) is 4.90 Å². The number of carbonyl (C=O) groups is 1. The van der Waals surface area contributed by atoms with Crippen LogP contribution in [0, 0.1) is 0 Å². The summed E-state index contributed by atoms with van der Waals surface area (Å²) in [7, 11) is 6.36. The van der Waals surface area contributed by atoms with Crippen LogP contribution < -0.4 is 24.3 Å². The highest BCUT2D eigenvalue weighted by Gasteiger charge is 2.13. The Morgan fingerprint density at radius 2 is 1.44 bits per heavy atom. The summed E-state index contributed by atoms with van der Waals surface area (Å²) in [5.41, 5.74) is 0.942. The normalized spacial score (nSPS) is 11.4. The van der Waals surface area contributed by atoms with Crippen LogP contribution in [0.1, 0.15) is 18.5 Å². The van der Waals surface area contributed by atoms with Crippen molar-refractivity contribution in [3.05, 3.63) is 42.0 Å². The van der Waals surface area contributed by atoms with Gasteiger partial charge < -0.3 is 24.3 Å². The summed E-state index contributed by atoms with van der Waals surface area (Å²) in [5, 5.41) is 2.99. The molecule has 6 nitrogen and oxygen atoms in total. The van der Waals surface area contributed by atoms with Gasteiger partial charge in [-0.15, -0.1) is 11.8 Å². The Morgan fingerprint density at radius 3 is 2.04 bits per heavy atom. The van der Waals surface area contributed by atoms with Crippen molar-refractivity contribution in [3.8, 4) is 23.0 Å². The first-order valence-electron chi connectivity index (χ1n) is 8.38. The first-order chi connectivity index (χ1) is 13.0. The van der Waals surface area contributed by atoms with Gasteiger partial charge in [0.05, 0.1) is 40.2 Å². The SMILES string of the molecule is COc1ccc(SCC(=O)N[C@H](C)c2ccc(OC)c(OC)c2)cc1OC. The van der Waals surface area contributed by atoms with Crippen molar-refractivity contribution >= 4 is 17.7 Å². The minimum Gasteiger partial charge on any atom is -0.493 e. The second-order valence-electron chi connectivity index (χ2n) is 5.71. The van der Waals surface area contributed by atoms with Gasteiger partial charge in [0.2, 0.25) is 5.91 Å². The lowest BCUT2D eigenvalue weighted by molar-refractivity contribution is -0.119. The standard InChI is InChI=1S/C20H25NO5S/c1-13(14-6-8-16(23-2)18(10-14)25-4)21-20(22)12-27-15-7-9-17(24-3)19(11-15)26-5/h6-11,13H,12H2,1-5H3,(H,21,22)/t13-/m1/s1. The molecule has 2 rings (SSSR count). The third-order valence-corrected chi connectivity index (χ3v) is 5.00. The predicted octanol–water partition coefficient (Wildman–Crippen LogP) is 3.69. The number of carbonyl (C=O) groups excluding carboxylic acids is 1. The molecule has 2 aromatic rings. The number of thioether (sulfide) groups is 1. The highest BCUT2D eigenvalue weighted by molar-refractivity contribution is 8.00. The number of rotatable bonds is 9. The van der Waals surface area contributed by atoms with E-state index in [4.69, 9.17) is 18.9 Å². The van der Waals surface area contributed by atoms with Gasteiger partial charge >= 0.3 is 0 Å². The van der Waals surface area contributed by atoms with Crippen molar-refractivity contribution in [1.82, 2.24) is 5.32 Å². The molecule has 7 heteroatoms. The molecule has 0 unspecified atom stereocenters. The molecule has 0 heterocycles. The molecule has 0 aliphatic rings. The number of ether oxygens (including phenoxy) is 4. The Kier molecular flexibility index (Phi) is 7.67. The molecule has 0 aliphatic heterocycles. The minimum absolute atomic E-state index is 0.0583. The smallest absolute Gasteiger partial charge is 0.230 e. The molecule has 0 aliphatic carbocycles. The van der Waals surface area contributed by atoms with Gasteiger partial charge in [0.1, 0.15) is 0 Å². The van der Waals surface area contributed by atoms with Crippen LogP contribution in [-0.4, -0.2) is 40.1 Å². The molecule has 0 saturated heterocycles. The summed E-state index contributed by atoms with van der Waals surface area (Å²) < 4.78 is 21.1. The molecule has 27 heavy (non-hydrogen) atoms. The van der Waals surface area contributed by atoms with Gasteiger partial charge in [-0.1, -0.05) is 6.07 Å². The van der Waals surface area contributed by atoms with E-state index in [9.17, 15) is 4.79 Å². The molecule has 1 amide bonds. The molecule has 0 fully saturated rings. The van der Waals surface area contributed by atoms with Crippen molar-refractivity contribution in [1.29, 1.82) is 0 Å². The third-order valence-electron chi connectivity index (χ3n) is 4.01. The van der Waals surface area contributed by atoms with Crippen molar-refractivity contribution in [2.75, 3.05) is 34.2 Å². The zero-order valence-corrected chi connectivity index (χ0v) is 17.0. The van der Waals surface area contributed by atoms with Crippen LogP contribution in [0.5, 0.6) is 23.0 Å². The number of benzene rings is 2. The highest BCUT2D eigenvalue weighted by atomic mass is 32.2. The Balaban J connectivity index is 1.95. The molecule has 146 valence electrons. The van der Waals surface area contributed by atoms with Crippen LogP contribution in [0.25, 0.3) is 0 Å². The minimum atomic E-state index is -0.150. The van der Waals surface area contributed by atoms with Gasteiger partial charge in [-0.05, 0) is 42.8 Å². The molecule has 2 aromatic carbocycles. The molecule has 0 bridgehead atoms. The molecule has 1 N–H and O–H groups in total. The Labute approximate surface area is 164 Å². The van der Waals surface area contributed by atoms with Crippen LogP contribution in [0.4, 0.5) is 0 Å². The third kappa shape index (κ3) is 5.47. The second kappa shape index (κ2) is 9.97. The van der Waals surface area contributed by atoms with E-state index in [2.05, 4.69) is 5.32 Å². The summed E-state index contributed by atoms with van der Waals surface area (Å²) >= 11 is 1.44. The monoisotopic (exact) mass is 391 g/mol. The summed E-state index contributed by atoms with van der Waals surface area (Å²) in [5.74, 6) is 2.83. The summed E-state index contributed by atoms with van der Waals surface area (Å²) in [4.78, 5) is 13.2. The fraction of sp³-hybridized carbons (Fsp3) is 0.350. The Hall–Kier alpha value is -2.54. The van der Waals surface area contributed by atoms with E-state index < -0.39 is 0 Å². The van der Waals surface area contributed by atoms with Gasteiger partial charge in [0.15, 0.2) is 23.0 Å². The quantitative estimate of drug-likeness (QED) is 0.658. The Morgan fingerprint density at radius 1 is 0.889 bits per heavy atom. The average Bonchev–Trinajstić information content (AvgIpc) is 2.71. The number of hydrogen-bond donors (Lipinski definition) is 1. The Bertz CT molecular complexity index is 781. The predicted molar refractivity (Wildman–Crippen MR) is 106 cm³/mol. The van der Waals surface area contributed by atoms with E-state index in [0.717, 1.165) is 10.5 Å². The van der Waals surface area contributed by atoms with E-state index in [1.54, 1.807) is 28.4 Å². The lowest BCUT2D eigenvalue weighted by Crippen LogP contribution is -2.28. The number of methoxy groups -OCH3 is 4. The van der Waals surface area contributed by atoms with Crippen molar-refractivity contribution < 1.29 is 23.7 Å². The van der Waals surface area contributed by atoms with Gasteiger partial charge in [-0.3, -0.25) is 4.79 Å². The van der Waals surface area contributed by atoms with Crippen LogP contribution in [0.3, 0.4) is 0 Å². The first-order valence-corrected chi connectivity index (χ1v) is 9.37. The molecular formula is C20H25NO5S. The van der Waals surface area contributed by atoms with E-state index >= 15 is 0 Å². The average molecular weight is 391 g/mol. The van der Waals surface area contributed by atoms with E-state index in [1.165, 1.54) is 11.8 Å². The van der Waals surface area contributed by atoms with Crippen molar-refractivity contribution in [3.63, 3.8) is 0 Å². The number of amides is 1. The first kappa shape index (κ1) is 20.8. The second-order valence-corrected chi connectivity index (χ2v) is 6.76. The van der Waals surface area contributed by atoms with Gasteiger partial charge in [-0.2, -0.15) is 0 Å². The van der Waals surface area contributed by atoms with Gasteiger partial charge in [0.25, 0.3) is 0 Å². The fourth-order valence-electron chi connectivity index (χ4n) is 2.54. The molecule has 0 saturated carbocycles. The van der Waals surface area contributed by atoms with Crippen molar-refractivity contribution in [2.45, 2.75) is 17.9 Å². The summed E-state index contributed by atoms with van der Waals surface area (Å²) in [6.07, 6.45) is 0. The number of nitrogens with one attached hydrogen (secondary N) is 1. The molecular weight excluding hydrogens is 366 g/mol. The zero-order valence-electron chi connectivity index (χ0n) is 16.2. The maximum absolute atomic E-state index is 12.3. The molecule has 0 aromatic heterocycles. The summed E-state index contributed by atoms with van der Waals surface area (Å²) in [6.45, 7) is 1.93. The van der Waals surface area contributed by atoms with Crippen molar-refractivity contribution in [2.24, 2.45) is 0 Å². The van der Waals surface area contributed by atoms with Crippen LogP contribution in [0.15, 0.2) is 41.3 Å². The number of hydrogen-bond acceptors (Lipinski definition) is 6. The molecule has 0 spiro atoms. The highest BCUT2D eigenvalue weighted by Crippen LogP contribution is 2.32. The topological polar surface area (TPSA) is 66.0 Å². The van der Waals surface area contributed by atoms with E-state index in [-0.39, 0.29) is 11.9 Å². The van der Waals surface area contributed by atoms with E-state index in [1.807, 2.05) is 43.3 Å². The maximum Gasteiger partial charge on any atom is 0.230 e.